The second-order valence-corrected chi connectivity index (χ2v) is 12.2. The summed E-state index contributed by atoms with van der Waals surface area (Å²) >= 11 is 0. The van der Waals surface area contributed by atoms with Crippen molar-refractivity contribution >= 4 is 25.5 Å². The van der Waals surface area contributed by atoms with Gasteiger partial charge in [0.15, 0.2) is 12.0 Å². The number of rotatable bonds is 12. The van der Waals surface area contributed by atoms with Gasteiger partial charge < -0.3 is 33.9 Å². The van der Waals surface area contributed by atoms with E-state index in [9.17, 15) is 18.9 Å². The molecule has 16 heteroatoms. The van der Waals surface area contributed by atoms with Crippen LogP contribution in [0.4, 0.5) is 5.82 Å². The molecule has 15 nitrogen and oxygen atoms in total. The predicted molar refractivity (Wildman–Crippen MR) is 151 cm³/mol. The van der Waals surface area contributed by atoms with E-state index in [1.165, 1.54) is 35.9 Å². The molecule has 0 spiro atoms. The molecule has 0 saturated carbocycles. The lowest BCUT2D eigenvalue weighted by Gasteiger charge is -2.30. The topological polar surface area (TPSA) is 189 Å². The molecule has 1 aromatic carbocycles. The molecule has 0 radical (unpaired) electrons. The van der Waals surface area contributed by atoms with Gasteiger partial charge in [-0.3, -0.25) is 13.9 Å². The first-order valence-corrected chi connectivity index (χ1v) is 15.3. The van der Waals surface area contributed by atoms with E-state index in [4.69, 9.17) is 38.5 Å². The van der Waals surface area contributed by atoms with Gasteiger partial charge in [-0.1, -0.05) is 12.1 Å². The third-order valence-corrected chi connectivity index (χ3v) is 8.31. The summed E-state index contributed by atoms with van der Waals surface area (Å²) in [5, 5.41) is 2.57. The number of carbonyl (C=O) groups is 2. The lowest BCUT2D eigenvalue weighted by atomic mass is 9.96. The minimum absolute atomic E-state index is 0.00646. The van der Waals surface area contributed by atoms with Crippen molar-refractivity contribution in [3.05, 3.63) is 52.6 Å². The van der Waals surface area contributed by atoms with E-state index >= 15 is 0 Å². The van der Waals surface area contributed by atoms with Crippen LogP contribution >= 0.6 is 7.75 Å². The number of nitrogens with one attached hydrogen (secondary N) is 1. The van der Waals surface area contributed by atoms with Crippen LogP contribution in [0.25, 0.3) is 0 Å². The maximum absolute atomic E-state index is 14.2. The van der Waals surface area contributed by atoms with Crippen molar-refractivity contribution in [2.24, 2.45) is 0 Å². The standard InChI is InChI=1S/C27H37N4O11P/c1-7-36-22(32)16(3)30-43(35,41-18-12-10-9-11-17(18)23(33)37-8-2)38-15-19-21-27(6,42-26(4,5)40-21)24(39-19)31-14-13-20(28)29-25(31)34/h9-14,16,19,21,24H,7-8,15H2,1-6H3,(H,30,35)(H2,28,29,34)/t16-,19+,21+,24+,27+,43?/m0/s1. The highest BCUT2D eigenvalue weighted by molar-refractivity contribution is 7.52. The molecule has 0 bridgehead atoms. The third-order valence-electron chi connectivity index (χ3n) is 6.68. The molecule has 236 valence electrons. The van der Waals surface area contributed by atoms with Crippen LogP contribution in [0.2, 0.25) is 0 Å². The summed E-state index contributed by atoms with van der Waals surface area (Å²) < 4.78 is 55.7. The van der Waals surface area contributed by atoms with Crippen LogP contribution in [0.3, 0.4) is 0 Å². The Morgan fingerprint density at radius 3 is 2.53 bits per heavy atom. The van der Waals surface area contributed by atoms with Gasteiger partial charge in [-0.15, -0.1) is 0 Å². The number of fused-ring (bicyclic) bond motifs is 1. The second-order valence-electron chi connectivity index (χ2n) is 10.5. The Morgan fingerprint density at radius 1 is 1.16 bits per heavy atom. The van der Waals surface area contributed by atoms with Crippen LogP contribution in [0, 0.1) is 0 Å². The number of hydrogen-bond donors (Lipinski definition) is 2. The van der Waals surface area contributed by atoms with Crippen LogP contribution in [0.1, 0.15) is 58.1 Å². The first kappa shape index (κ1) is 32.6. The van der Waals surface area contributed by atoms with Gasteiger partial charge in [0, 0.05) is 6.20 Å². The SMILES string of the molecule is CCOC(=O)c1ccccc1OP(=O)(N[C@@H](C)C(=O)OCC)OC[C@H]1O[C@@H](n2ccc(N)nc2=O)[C@]2(C)OC(C)(C)O[C@H]12. The van der Waals surface area contributed by atoms with Gasteiger partial charge >= 0.3 is 25.4 Å². The van der Waals surface area contributed by atoms with Crippen LogP contribution < -0.4 is 21.0 Å². The fourth-order valence-corrected chi connectivity index (χ4v) is 6.51. The van der Waals surface area contributed by atoms with Crippen molar-refractivity contribution in [1.82, 2.24) is 14.6 Å². The minimum Gasteiger partial charge on any atom is -0.465 e. The molecule has 43 heavy (non-hydrogen) atoms. The summed E-state index contributed by atoms with van der Waals surface area (Å²) in [5.74, 6) is -2.55. The van der Waals surface area contributed by atoms with Crippen LogP contribution in [0.15, 0.2) is 41.3 Å². The molecule has 0 aliphatic carbocycles. The molecule has 2 aromatic rings. The average Bonchev–Trinajstić information content (AvgIpc) is 3.33. The van der Waals surface area contributed by atoms with Crippen molar-refractivity contribution < 1.29 is 46.9 Å². The lowest BCUT2D eigenvalue weighted by Crippen LogP contribution is -2.45. The van der Waals surface area contributed by atoms with Crippen molar-refractivity contribution in [3.8, 4) is 5.75 Å². The summed E-state index contributed by atoms with van der Waals surface area (Å²) in [4.78, 5) is 41.5. The number of aromatic nitrogens is 2. The molecule has 1 aromatic heterocycles. The Morgan fingerprint density at radius 2 is 1.86 bits per heavy atom. The molecule has 3 N–H and O–H groups in total. The highest BCUT2D eigenvalue weighted by Crippen LogP contribution is 2.52. The minimum atomic E-state index is -4.44. The molecule has 2 fully saturated rings. The number of benzene rings is 1. The van der Waals surface area contributed by atoms with Gasteiger partial charge in [-0.25, -0.2) is 14.2 Å². The van der Waals surface area contributed by atoms with Crippen molar-refractivity contribution in [1.29, 1.82) is 0 Å². The van der Waals surface area contributed by atoms with Crippen LogP contribution in [-0.2, 0) is 37.6 Å². The van der Waals surface area contributed by atoms with Crippen molar-refractivity contribution in [2.75, 3.05) is 25.6 Å². The van der Waals surface area contributed by atoms with E-state index in [-0.39, 0.29) is 30.3 Å². The van der Waals surface area contributed by atoms with Gasteiger partial charge in [0.2, 0.25) is 0 Å². The number of hydrogen-bond acceptors (Lipinski definition) is 13. The zero-order valence-electron chi connectivity index (χ0n) is 24.8. The fourth-order valence-electron chi connectivity index (χ4n) is 4.99. The summed E-state index contributed by atoms with van der Waals surface area (Å²) in [5.41, 5.74) is 3.79. The van der Waals surface area contributed by atoms with E-state index in [0.717, 1.165) is 0 Å². The fraction of sp³-hybridized carbons (Fsp3) is 0.556. The molecule has 2 saturated heterocycles. The molecular weight excluding hydrogens is 587 g/mol. The van der Waals surface area contributed by atoms with E-state index in [2.05, 4.69) is 10.1 Å². The summed E-state index contributed by atoms with van der Waals surface area (Å²) in [6.07, 6.45) is -1.35. The molecule has 3 heterocycles. The highest BCUT2D eigenvalue weighted by atomic mass is 31.2. The van der Waals surface area contributed by atoms with Gasteiger partial charge in [0.25, 0.3) is 0 Å². The predicted octanol–water partition coefficient (Wildman–Crippen LogP) is 2.55. The first-order chi connectivity index (χ1) is 20.2. The second kappa shape index (κ2) is 12.7. The number of carbonyl (C=O) groups excluding carboxylic acids is 2. The summed E-state index contributed by atoms with van der Waals surface area (Å²) in [6.45, 7) is 9.61. The van der Waals surface area contributed by atoms with E-state index in [1.54, 1.807) is 46.8 Å². The number of nitrogen functional groups attached to an aromatic ring is 1. The average molecular weight is 625 g/mol. The molecule has 2 aliphatic heterocycles. The van der Waals surface area contributed by atoms with Gasteiger partial charge in [0.1, 0.15) is 41.0 Å². The van der Waals surface area contributed by atoms with Gasteiger partial charge in [-0.2, -0.15) is 10.1 Å². The maximum atomic E-state index is 14.2. The van der Waals surface area contributed by atoms with Crippen molar-refractivity contribution in [2.45, 2.75) is 77.4 Å². The number of esters is 2. The Bertz CT molecular complexity index is 1450. The normalized spacial score (nSPS) is 26.2. The third kappa shape index (κ3) is 7.08. The monoisotopic (exact) mass is 624 g/mol. The highest BCUT2D eigenvalue weighted by Gasteiger charge is 2.64. The number of nitrogens with two attached hydrogens (primary N) is 1. The Balaban J connectivity index is 1.64. The number of anilines is 1. The molecule has 6 atom stereocenters. The Labute approximate surface area is 248 Å². The Hall–Kier alpha value is -3.33. The van der Waals surface area contributed by atoms with Crippen LogP contribution in [0.5, 0.6) is 5.75 Å². The lowest BCUT2D eigenvalue weighted by molar-refractivity contribution is -0.217. The number of nitrogens with zero attached hydrogens (tertiary/aromatic N) is 2. The first-order valence-electron chi connectivity index (χ1n) is 13.7. The smallest absolute Gasteiger partial charge is 0.459 e. The quantitative estimate of drug-likeness (QED) is 0.259. The van der Waals surface area contributed by atoms with Crippen molar-refractivity contribution in [3.63, 3.8) is 0 Å². The maximum Gasteiger partial charge on any atom is 0.459 e. The Kier molecular flexibility index (Phi) is 9.64. The summed E-state index contributed by atoms with van der Waals surface area (Å²) in [7, 11) is -4.44. The summed E-state index contributed by atoms with van der Waals surface area (Å²) in [6, 6.07) is 6.31. The molecular formula is C27H37N4O11P. The largest absolute Gasteiger partial charge is 0.465 e. The van der Waals surface area contributed by atoms with E-state index in [0.29, 0.717) is 0 Å². The van der Waals surface area contributed by atoms with E-state index < -0.39 is 67.8 Å². The zero-order chi connectivity index (χ0) is 31.6. The molecule has 4 rings (SSSR count). The van der Waals surface area contributed by atoms with Gasteiger partial charge in [0.05, 0.1) is 19.8 Å². The molecule has 2 aliphatic rings. The van der Waals surface area contributed by atoms with Crippen LogP contribution in [-0.4, -0.2) is 70.9 Å². The number of ether oxygens (including phenoxy) is 5. The molecule has 1 unspecified atom stereocenters. The van der Waals surface area contributed by atoms with Gasteiger partial charge in [-0.05, 0) is 59.7 Å². The zero-order valence-corrected chi connectivity index (χ0v) is 25.7. The molecule has 0 amide bonds. The number of para-hydroxylation sites is 1. The van der Waals surface area contributed by atoms with E-state index in [1.807, 2.05) is 0 Å².